The molecule has 6 aromatic heterocycles. The van der Waals surface area contributed by atoms with Crippen LogP contribution in [0.4, 0.5) is 17.6 Å². The number of aromatic amines is 3. The van der Waals surface area contributed by atoms with Crippen LogP contribution in [0.25, 0.3) is 11.2 Å². The van der Waals surface area contributed by atoms with E-state index >= 15 is 0 Å². The minimum Gasteiger partial charge on any atom is -0.780 e. The van der Waals surface area contributed by atoms with Crippen LogP contribution < -0.4 is 77.5 Å². The molecule has 47 nitrogen and oxygen atoms in total. The number of aryl methyl sites for hydroxylation is 1. The molecule has 0 saturated carbocycles. The zero-order valence-electron chi connectivity index (χ0n) is 63.2. The predicted molar refractivity (Wildman–Crippen MR) is 424 cm³/mol. The summed E-state index contributed by atoms with van der Waals surface area (Å²) < 4.78 is 129. The van der Waals surface area contributed by atoms with Gasteiger partial charge in [0.1, 0.15) is 86.6 Å². The van der Waals surface area contributed by atoms with E-state index in [1.54, 1.807) is 0 Å². The topological polar surface area (TPSA) is 626 Å². The number of carbonyl (C=O) groups excluding carboxylic acids is 1. The van der Waals surface area contributed by atoms with Crippen molar-refractivity contribution < 1.29 is 108 Å². The van der Waals surface area contributed by atoms with E-state index in [4.69, 9.17) is 154 Å². The number of aliphatic hydroxyl groups excluding tert-OH is 1. The van der Waals surface area contributed by atoms with E-state index in [0.717, 1.165) is 19.9 Å². The Balaban J connectivity index is 0.807. The monoisotopic (exact) mass is 1880 g/mol. The first-order chi connectivity index (χ1) is 56.0. The molecule has 9 unspecified atom stereocenters. The van der Waals surface area contributed by atoms with Gasteiger partial charge in [-0.2, -0.15) is 15.0 Å². The molecule has 0 spiro atoms. The highest BCUT2D eigenvalue weighted by molar-refractivity contribution is 9.10. The summed E-state index contributed by atoms with van der Waals surface area (Å²) >= 11 is 25.6. The van der Waals surface area contributed by atoms with Crippen LogP contribution in [0.1, 0.15) is 82.7 Å². The van der Waals surface area contributed by atoms with Crippen LogP contribution in [0.3, 0.4) is 0 Å². The lowest BCUT2D eigenvalue weighted by atomic mass is 9.89. The molecule has 0 radical (unpaired) electrons. The van der Waals surface area contributed by atoms with E-state index in [1.165, 1.54) is 60.2 Å². The van der Waals surface area contributed by atoms with Crippen molar-refractivity contribution in [2.24, 2.45) is 17.6 Å². The summed E-state index contributed by atoms with van der Waals surface area (Å²) in [5, 5.41) is 13.1. The minimum atomic E-state index is -4.92. The van der Waals surface area contributed by atoms with Crippen LogP contribution in [0.15, 0.2) is 81.3 Å². The van der Waals surface area contributed by atoms with Gasteiger partial charge in [0.2, 0.25) is 11.9 Å². The van der Waals surface area contributed by atoms with Gasteiger partial charge in [-0.1, -0.05) is 37.5 Å². The number of nitrogens with one attached hydrogen (secondary N) is 4. The number of aliphatic hydroxyl groups is 1. The second kappa shape index (κ2) is 41.3. The fraction of sp³-hybridized carbons (Fsp3) is 0.645. The molecule has 6 aromatic rings. The second-order valence-corrected chi connectivity index (χ2v) is 39.3. The number of fused-ring (bicyclic) bond motifs is 1. The number of nitrogen functional groups attached to an aromatic ring is 3. The number of methoxy groups -OCH3 is 1. The number of halogens is 1. The molecule has 1 amide bonds. The highest BCUT2D eigenvalue weighted by Gasteiger charge is 2.50. The van der Waals surface area contributed by atoms with Crippen LogP contribution in [-0.2, 0) is 140 Å². The fourth-order valence-corrected chi connectivity index (χ4v) is 20.0. The number of rotatable bonds is 43. The number of hydrogen-bond acceptors (Lipinski definition) is 42. The van der Waals surface area contributed by atoms with Crippen molar-refractivity contribution in [3.63, 3.8) is 0 Å². The average molecular weight is 1880 g/mol. The maximum atomic E-state index is 15.0. The molecule has 11 rings (SSSR count). The fourth-order valence-electron chi connectivity index (χ4n) is 13.3. The van der Waals surface area contributed by atoms with Crippen molar-refractivity contribution in [3.05, 3.63) is 126 Å². The van der Waals surface area contributed by atoms with Crippen molar-refractivity contribution in [1.29, 1.82) is 0 Å². The number of carbonyl (C=O) groups is 1. The zero-order chi connectivity index (χ0) is 85.1. The van der Waals surface area contributed by atoms with Crippen molar-refractivity contribution >= 4 is 125 Å². The Hall–Kier alpha value is -5.53. The summed E-state index contributed by atoms with van der Waals surface area (Å²) in [6, 6.07) is 2.73. The number of aromatic nitrogens is 12. The van der Waals surface area contributed by atoms with Gasteiger partial charge < -0.3 is 139 Å². The molecule has 5 aliphatic rings. The lowest BCUT2D eigenvalue weighted by Gasteiger charge is -2.35. The van der Waals surface area contributed by atoms with Gasteiger partial charge in [-0.05, 0) is 65.0 Å². The van der Waals surface area contributed by atoms with Gasteiger partial charge in [-0.3, -0.25) is 61.5 Å². The SMILES string of the molecule is CO[C@H]1C(OP([O-])(=S)OC[C@H]2O[C@@H](n3ccc(N)nc3=O)CC2OP(=O)([S-])OC[C@H]2O[C@@H](n3cnc4c(=O)[nH]c(N)nc43)CC2OP([O-])(=S)OC[C@H]2O[C@@H](n3cc(C)c(=O)[nH]c3=O)CC2OP(=S)(OCCOCCOCCNC(=O)CCOCCN)OC[C@H]2O[C@@H](n3ccc(N)nc3=O)CC2C(C)C)[C@@H](CO)O[C@H]1n1cc(Br)c(=O)[nH]c1=O. The van der Waals surface area contributed by atoms with E-state index in [0.29, 0.717) is 19.6 Å². The van der Waals surface area contributed by atoms with Gasteiger partial charge in [0.05, 0.1) is 114 Å². The summed E-state index contributed by atoms with van der Waals surface area (Å²) in [5.74, 6) is -0.993. The van der Waals surface area contributed by atoms with Gasteiger partial charge in [0.15, 0.2) is 24.2 Å². The molecule has 5 fully saturated rings. The molecule has 11 heterocycles. The van der Waals surface area contributed by atoms with E-state index in [1.807, 2.05) is 13.8 Å². The van der Waals surface area contributed by atoms with E-state index in [2.05, 4.69) is 56.1 Å². The lowest BCUT2D eigenvalue weighted by molar-refractivity contribution is -0.218. The summed E-state index contributed by atoms with van der Waals surface area (Å²) in [6.45, 7) is -15.8. The highest BCUT2D eigenvalue weighted by Crippen LogP contribution is 2.57. The van der Waals surface area contributed by atoms with Crippen LogP contribution in [0.2, 0.25) is 0 Å². The first-order valence-corrected chi connectivity index (χ1v) is 47.4. The van der Waals surface area contributed by atoms with E-state index in [9.17, 15) is 57.8 Å². The Morgan fingerprint density at radius 3 is 1.81 bits per heavy atom. The quantitative estimate of drug-likeness (QED) is 0.0114. The van der Waals surface area contributed by atoms with Crippen molar-refractivity contribution in [2.45, 2.75) is 145 Å². The highest BCUT2D eigenvalue weighted by atomic mass is 79.9. The molecular weight excluding hydrogens is 1790 g/mol. The molecule has 5 aliphatic heterocycles. The molecule has 13 N–H and O–H groups in total. The molecule has 0 aliphatic carbocycles. The summed E-state index contributed by atoms with van der Waals surface area (Å²) in [7, 11) is 1.19. The Kier molecular flexibility index (Phi) is 32.6. The Bertz CT molecular complexity index is 5150. The zero-order valence-corrected chi connectivity index (χ0v) is 71.6. The number of hydrogen-bond donors (Lipinski definition) is 9. The number of ether oxygens (including phenoxy) is 9. The molecule has 654 valence electrons. The third-order valence-electron chi connectivity index (χ3n) is 18.9. The summed E-state index contributed by atoms with van der Waals surface area (Å²) in [4.78, 5) is 155. The molecule has 5 saturated heterocycles. The number of anilines is 3. The Labute approximate surface area is 697 Å². The normalized spacial score (nSPS) is 27.4. The van der Waals surface area contributed by atoms with Crippen LogP contribution in [0, 0.1) is 18.8 Å². The van der Waals surface area contributed by atoms with Crippen LogP contribution in [-0.4, -0.2) is 229 Å². The molecule has 0 bridgehead atoms. The van der Waals surface area contributed by atoms with Gasteiger partial charge in [-0.25, -0.2) is 24.2 Å². The first-order valence-electron chi connectivity index (χ1n) is 36.4. The maximum absolute atomic E-state index is 15.0. The van der Waals surface area contributed by atoms with E-state index in [-0.39, 0.29) is 135 Å². The number of nitrogens with two attached hydrogens (primary N) is 4. The Morgan fingerprint density at radius 1 is 0.644 bits per heavy atom. The molecule has 0 aromatic carbocycles. The molecular formula is C62H87BrN17O30P4S4-3. The number of imidazole rings is 1. The maximum Gasteiger partial charge on any atom is 0.351 e. The second-order valence-electron chi connectivity index (χ2n) is 27.3. The third kappa shape index (κ3) is 24.3. The largest absolute Gasteiger partial charge is 0.780 e. The smallest absolute Gasteiger partial charge is 0.351 e. The standard InChI is InChI=1S/C62H90BrN17O30P4S4/c1-31(2)33-19-46(76-10-5-43(65)70-59(76)86)102-39(33)26-101-114(118,97-18-17-96-16-15-95-14-9-68-45(82)7-12-94-13-8-64)109-37-22-48(78-23-32(3)54(83)74-61(78)88)104-42(37)29-99-112(91,116)108-36-21-49(80-30-69-50-53(80)72-58(67)73-56(50)85)105-41(36)27-98-111(90,115)107-35-20-47(77-11-6-44(66)71-60(77)87)103-40(35)28-100-113(92,117)110-51-38(25-81)106-57(52(51)93-4)79-24-34(63)55(84)75-62(79)89/h5-6,10-11,23-24,30-31,33,35-42,46-49,51-52,57,81H,7-9,12-22,25-29,64H2,1-4H3,(H,68,82)(H,90,115)(H,91,116)(H,92,117)(H2,65,70,86)(H2,66,71,87)(H,74,83,88)(H,75,84,89)(H3,67,72,73,85)/p-3/t33?,35?,36?,37?,38-,39-,40-,41-,42-,46-,47-,48-,49-,51?,52+,57-,111?,112?,113?,114?/m1/s1. The number of H-pyrrole nitrogens is 3. The number of amides is 1. The third-order valence-corrected chi connectivity index (χ3v) is 26.6. The number of nitrogens with zero attached hydrogens (tertiary/aromatic N) is 9. The molecule has 118 heavy (non-hydrogen) atoms. The predicted octanol–water partition coefficient (Wildman–Crippen LogP) is -1.93. The Morgan fingerprint density at radius 2 is 1.19 bits per heavy atom. The van der Waals surface area contributed by atoms with Crippen LogP contribution >= 0.6 is 42.9 Å². The van der Waals surface area contributed by atoms with Gasteiger partial charge in [0, 0.05) is 76.2 Å². The minimum absolute atomic E-state index is 0.00545. The first kappa shape index (κ1) is 93.2. The van der Waals surface area contributed by atoms with Gasteiger partial charge in [0.25, 0.3) is 16.7 Å². The van der Waals surface area contributed by atoms with Crippen molar-refractivity contribution in [1.82, 2.24) is 63.0 Å². The average Bonchev–Trinajstić information content (AvgIpc) is 1.63. The van der Waals surface area contributed by atoms with Crippen molar-refractivity contribution in [3.8, 4) is 0 Å². The summed E-state index contributed by atoms with van der Waals surface area (Å²) in [6.07, 6.45) is -14.0. The van der Waals surface area contributed by atoms with Crippen molar-refractivity contribution in [2.75, 3.05) is 117 Å². The van der Waals surface area contributed by atoms with Gasteiger partial charge in [-0.15, -0.1) is 0 Å². The summed E-state index contributed by atoms with van der Waals surface area (Å²) in [5.41, 5.74) is 17.2. The van der Waals surface area contributed by atoms with Crippen LogP contribution in [0.5, 0.6) is 0 Å². The van der Waals surface area contributed by atoms with Gasteiger partial charge >= 0.3 is 29.5 Å². The molecule has 20 atom stereocenters. The lowest BCUT2D eigenvalue weighted by Crippen LogP contribution is -2.40. The van der Waals surface area contributed by atoms with E-state index < -0.39 is 185 Å². The molecule has 56 heteroatoms.